The number of piperidine rings is 1. The fourth-order valence-corrected chi connectivity index (χ4v) is 4.47. The van der Waals surface area contributed by atoms with Crippen LogP contribution in [0.15, 0.2) is 35.5 Å². The minimum atomic E-state index is -0.595. The van der Waals surface area contributed by atoms with Crippen LogP contribution in [0.3, 0.4) is 0 Å². The van der Waals surface area contributed by atoms with E-state index in [9.17, 15) is 14.9 Å². The molecule has 1 amide bonds. The van der Waals surface area contributed by atoms with Gasteiger partial charge in [0.2, 0.25) is 0 Å². The van der Waals surface area contributed by atoms with Gasteiger partial charge >= 0.3 is 11.8 Å². The van der Waals surface area contributed by atoms with Crippen LogP contribution in [0, 0.1) is 11.3 Å². The molecular weight excluding hydrogens is 448 g/mol. The summed E-state index contributed by atoms with van der Waals surface area (Å²) in [5.41, 5.74) is 2.14. The molecule has 1 aliphatic heterocycles. The highest BCUT2D eigenvalue weighted by atomic mass is 16.6. The van der Waals surface area contributed by atoms with E-state index in [0.717, 1.165) is 12.8 Å². The largest absolute Gasteiger partial charge is 0.444 e. The third-order valence-corrected chi connectivity index (χ3v) is 6.14. The van der Waals surface area contributed by atoms with E-state index >= 15 is 0 Å². The summed E-state index contributed by atoms with van der Waals surface area (Å²) in [5, 5.41) is 13.6. The van der Waals surface area contributed by atoms with Gasteiger partial charge in [-0.2, -0.15) is 10.4 Å². The summed E-state index contributed by atoms with van der Waals surface area (Å²) in [6.07, 6.45) is 6.08. The van der Waals surface area contributed by atoms with E-state index in [2.05, 4.69) is 16.2 Å². The number of fused-ring (bicyclic) bond motifs is 2. The molecule has 0 radical (unpaired) electrons. The summed E-state index contributed by atoms with van der Waals surface area (Å²) in [6, 6.07) is 5.30. The molecule has 4 aromatic rings. The summed E-state index contributed by atoms with van der Waals surface area (Å²) in [6.45, 7) is 6.43. The standard InChI is InChI=1S/C24H26N8O3/c1-24(2,3)35-23(34)30-8-5-6-16(14-30)32-21-19(29(4)22(32)33)13-26-20(28-21)17-12-27-31-9-7-15(11-25)10-18(17)31/h7,9-10,12-13,16H,5-6,8,14H2,1-4H3/t16-/m0/s1. The van der Waals surface area contributed by atoms with Crippen molar-refractivity contribution in [2.24, 2.45) is 7.05 Å². The number of imidazole rings is 1. The van der Waals surface area contributed by atoms with Gasteiger partial charge in [-0.05, 0) is 45.7 Å². The number of aromatic nitrogens is 6. The van der Waals surface area contributed by atoms with Gasteiger partial charge in [0, 0.05) is 26.3 Å². The van der Waals surface area contributed by atoms with Gasteiger partial charge in [0.1, 0.15) is 11.1 Å². The molecule has 1 saturated heterocycles. The number of ether oxygens (including phenoxy) is 1. The van der Waals surface area contributed by atoms with Crippen LogP contribution >= 0.6 is 0 Å². The number of likely N-dealkylation sites (tertiary alicyclic amines) is 1. The van der Waals surface area contributed by atoms with Gasteiger partial charge in [0.15, 0.2) is 11.5 Å². The number of nitriles is 1. The maximum Gasteiger partial charge on any atom is 0.410 e. The first-order chi connectivity index (χ1) is 16.7. The van der Waals surface area contributed by atoms with Crippen molar-refractivity contribution in [3.63, 3.8) is 0 Å². The minimum absolute atomic E-state index is 0.214. The quantitative estimate of drug-likeness (QED) is 0.438. The molecule has 1 aliphatic rings. The van der Waals surface area contributed by atoms with Crippen molar-refractivity contribution in [2.75, 3.05) is 13.1 Å². The second-order valence-electron chi connectivity index (χ2n) is 9.75. The van der Waals surface area contributed by atoms with Crippen LogP contribution < -0.4 is 5.69 Å². The molecule has 0 aromatic carbocycles. The van der Waals surface area contributed by atoms with Crippen molar-refractivity contribution in [2.45, 2.75) is 45.3 Å². The van der Waals surface area contributed by atoms with Crippen LogP contribution in [0.4, 0.5) is 4.79 Å². The Bertz CT molecular complexity index is 1550. The van der Waals surface area contributed by atoms with Crippen LogP contribution in [0.25, 0.3) is 28.1 Å². The first-order valence-electron chi connectivity index (χ1n) is 11.5. The van der Waals surface area contributed by atoms with Crippen molar-refractivity contribution in [1.82, 2.24) is 33.6 Å². The highest BCUT2D eigenvalue weighted by molar-refractivity contribution is 5.80. The maximum atomic E-state index is 13.3. The zero-order chi connectivity index (χ0) is 24.9. The summed E-state index contributed by atoms with van der Waals surface area (Å²) in [7, 11) is 1.69. The van der Waals surface area contributed by atoms with Crippen LogP contribution in [-0.2, 0) is 11.8 Å². The van der Waals surface area contributed by atoms with Gasteiger partial charge < -0.3 is 9.64 Å². The van der Waals surface area contributed by atoms with Gasteiger partial charge in [0.25, 0.3) is 0 Å². The van der Waals surface area contributed by atoms with E-state index < -0.39 is 5.60 Å². The number of nitrogens with zero attached hydrogens (tertiary/aromatic N) is 8. The molecule has 0 N–H and O–H groups in total. The number of amides is 1. The smallest absolute Gasteiger partial charge is 0.410 e. The minimum Gasteiger partial charge on any atom is -0.444 e. The zero-order valence-electron chi connectivity index (χ0n) is 20.1. The second kappa shape index (κ2) is 8.23. The van der Waals surface area contributed by atoms with Crippen molar-refractivity contribution < 1.29 is 9.53 Å². The molecule has 35 heavy (non-hydrogen) atoms. The topological polar surface area (TPSA) is 123 Å². The lowest BCUT2D eigenvalue weighted by molar-refractivity contribution is 0.0172. The summed E-state index contributed by atoms with van der Waals surface area (Å²) < 4.78 is 10.4. The SMILES string of the molecule is Cn1c(=O)n([C@H]2CCCN(C(=O)OC(C)(C)C)C2)c2nc(-c3cnn4ccc(C#N)cc34)ncc21. The van der Waals surface area contributed by atoms with Crippen LogP contribution in [0.5, 0.6) is 0 Å². The highest BCUT2D eigenvalue weighted by Crippen LogP contribution is 2.27. The predicted molar refractivity (Wildman–Crippen MR) is 128 cm³/mol. The fraction of sp³-hybridized carbons (Fsp3) is 0.417. The van der Waals surface area contributed by atoms with E-state index in [1.807, 2.05) is 20.8 Å². The van der Waals surface area contributed by atoms with E-state index in [-0.39, 0.29) is 17.8 Å². The van der Waals surface area contributed by atoms with Crippen molar-refractivity contribution in [1.29, 1.82) is 5.26 Å². The molecule has 0 spiro atoms. The normalized spacial score (nSPS) is 16.5. The van der Waals surface area contributed by atoms with Gasteiger partial charge in [-0.1, -0.05) is 0 Å². The van der Waals surface area contributed by atoms with E-state index in [0.29, 0.717) is 46.7 Å². The number of carbonyl (C=O) groups is 1. The first kappa shape index (κ1) is 22.6. The summed E-state index contributed by atoms with van der Waals surface area (Å²) >= 11 is 0. The zero-order valence-corrected chi connectivity index (χ0v) is 20.1. The third kappa shape index (κ3) is 4.01. The van der Waals surface area contributed by atoms with Crippen LogP contribution in [0.1, 0.15) is 45.2 Å². The van der Waals surface area contributed by atoms with Gasteiger partial charge in [-0.15, -0.1) is 0 Å². The molecule has 5 rings (SSSR count). The van der Waals surface area contributed by atoms with E-state index in [1.54, 1.807) is 51.8 Å². The number of rotatable bonds is 2. The molecule has 1 fully saturated rings. The van der Waals surface area contributed by atoms with Crippen molar-refractivity contribution in [3.8, 4) is 17.5 Å². The number of hydrogen-bond donors (Lipinski definition) is 0. The van der Waals surface area contributed by atoms with Crippen LogP contribution in [0.2, 0.25) is 0 Å². The average molecular weight is 475 g/mol. The Morgan fingerprint density at radius 1 is 1.26 bits per heavy atom. The van der Waals surface area contributed by atoms with E-state index in [1.165, 1.54) is 4.57 Å². The first-order valence-corrected chi connectivity index (χ1v) is 11.5. The number of pyridine rings is 1. The van der Waals surface area contributed by atoms with Gasteiger partial charge in [-0.25, -0.2) is 24.1 Å². The lowest BCUT2D eigenvalue weighted by atomic mass is 10.1. The van der Waals surface area contributed by atoms with Gasteiger partial charge in [0.05, 0.1) is 41.1 Å². The fourth-order valence-electron chi connectivity index (χ4n) is 4.47. The Balaban J connectivity index is 1.57. The molecule has 0 unspecified atom stereocenters. The van der Waals surface area contributed by atoms with E-state index in [4.69, 9.17) is 9.72 Å². The second-order valence-corrected chi connectivity index (χ2v) is 9.75. The number of hydrogen-bond acceptors (Lipinski definition) is 7. The number of aryl methyl sites for hydroxylation is 1. The maximum absolute atomic E-state index is 13.3. The van der Waals surface area contributed by atoms with Gasteiger partial charge in [-0.3, -0.25) is 9.13 Å². The predicted octanol–water partition coefficient (Wildman–Crippen LogP) is 2.89. The van der Waals surface area contributed by atoms with Crippen molar-refractivity contribution >= 4 is 22.8 Å². The lowest BCUT2D eigenvalue weighted by Gasteiger charge is -2.34. The Morgan fingerprint density at radius 2 is 2.06 bits per heavy atom. The Morgan fingerprint density at radius 3 is 2.80 bits per heavy atom. The molecular formula is C24H26N8O3. The van der Waals surface area contributed by atoms with Crippen molar-refractivity contribution in [3.05, 3.63) is 46.8 Å². The Kier molecular flexibility index (Phi) is 5.31. The average Bonchev–Trinajstić information content (AvgIpc) is 3.36. The molecule has 5 heterocycles. The Hall–Kier alpha value is -4.20. The molecule has 180 valence electrons. The lowest BCUT2D eigenvalue weighted by Crippen LogP contribution is -2.45. The number of carbonyl (C=O) groups excluding carboxylic acids is 1. The molecule has 0 bridgehead atoms. The molecule has 4 aromatic heterocycles. The molecule has 11 heteroatoms. The monoisotopic (exact) mass is 474 g/mol. The summed E-state index contributed by atoms with van der Waals surface area (Å²) in [4.78, 5) is 36.9. The molecule has 0 aliphatic carbocycles. The van der Waals surface area contributed by atoms with Crippen LogP contribution in [-0.4, -0.2) is 58.4 Å². The molecule has 11 nitrogen and oxygen atoms in total. The third-order valence-electron chi connectivity index (χ3n) is 6.14. The highest BCUT2D eigenvalue weighted by Gasteiger charge is 2.31. The molecule has 1 atom stereocenters. The summed E-state index contributed by atoms with van der Waals surface area (Å²) in [5.74, 6) is 0.404. The Labute approximate surface area is 201 Å². The molecule has 0 saturated carbocycles.